The standard InChI is InChI=1S/C14H24O2/c1-9-8-12-14(5,16-12)11(13(9,3)4)7-6-10(2)15/h6-7,9-12,15H,8H2,1-5H3/t9-,10-,11+,12-,14+/m1/s1. The Bertz CT molecular complexity index is 306. The van der Waals surface area contributed by atoms with Gasteiger partial charge in [0.2, 0.25) is 0 Å². The molecule has 2 fully saturated rings. The summed E-state index contributed by atoms with van der Waals surface area (Å²) in [6.45, 7) is 11.0. The molecule has 2 heteroatoms. The SMILES string of the molecule is C[C@@H]1C[C@H]2O[C@@]2(C)[C@@H](C=C[C@@H](C)O)C1(C)C. The van der Waals surface area contributed by atoms with Gasteiger partial charge in [-0.05, 0) is 31.6 Å². The first-order valence-electron chi connectivity index (χ1n) is 6.32. The van der Waals surface area contributed by atoms with Gasteiger partial charge < -0.3 is 9.84 Å². The molecule has 0 bridgehead atoms. The summed E-state index contributed by atoms with van der Waals surface area (Å²) in [6, 6.07) is 0. The van der Waals surface area contributed by atoms with Crippen molar-refractivity contribution in [2.45, 2.75) is 58.8 Å². The molecule has 2 nitrogen and oxygen atoms in total. The minimum atomic E-state index is -0.367. The Balaban J connectivity index is 2.24. The van der Waals surface area contributed by atoms with Crippen LogP contribution in [0.5, 0.6) is 0 Å². The molecular formula is C14H24O2. The highest BCUT2D eigenvalue weighted by molar-refractivity contribution is 5.19. The molecule has 1 saturated carbocycles. The van der Waals surface area contributed by atoms with Crippen molar-refractivity contribution in [3.63, 3.8) is 0 Å². The van der Waals surface area contributed by atoms with Crippen molar-refractivity contribution in [3.8, 4) is 0 Å². The van der Waals surface area contributed by atoms with Gasteiger partial charge in [-0.15, -0.1) is 0 Å². The molecule has 92 valence electrons. The number of ether oxygens (including phenoxy) is 1. The highest BCUT2D eigenvalue weighted by Gasteiger charge is 2.65. The lowest BCUT2D eigenvalue weighted by Crippen LogP contribution is -2.44. The van der Waals surface area contributed by atoms with E-state index in [2.05, 4.69) is 33.8 Å². The molecule has 0 aromatic rings. The molecule has 5 atom stereocenters. The summed E-state index contributed by atoms with van der Waals surface area (Å²) >= 11 is 0. The lowest BCUT2D eigenvalue weighted by atomic mass is 9.59. The molecule has 0 unspecified atom stereocenters. The molecule has 0 amide bonds. The van der Waals surface area contributed by atoms with Crippen LogP contribution in [-0.2, 0) is 4.74 Å². The third kappa shape index (κ3) is 1.72. The van der Waals surface area contributed by atoms with Crippen molar-refractivity contribution < 1.29 is 9.84 Å². The fourth-order valence-corrected chi connectivity index (χ4v) is 3.21. The summed E-state index contributed by atoms with van der Waals surface area (Å²) in [6.07, 6.45) is 5.30. The normalized spacial score (nSPS) is 47.8. The number of aliphatic hydroxyl groups is 1. The van der Waals surface area contributed by atoms with E-state index in [1.807, 2.05) is 6.08 Å². The van der Waals surface area contributed by atoms with Crippen LogP contribution in [0, 0.1) is 17.3 Å². The van der Waals surface area contributed by atoms with Gasteiger partial charge in [-0.2, -0.15) is 0 Å². The number of hydrogen-bond acceptors (Lipinski definition) is 2. The molecule has 0 spiro atoms. The third-order valence-corrected chi connectivity index (χ3v) is 4.82. The largest absolute Gasteiger partial charge is 0.389 e. The van der Waals surface area contributed by atoms with Crippen LogP contribution < -0.4 is 0 Å². The molecule has 0 aromatic heterocycles. The highest BCUT2D eigenvalue weighted by atomic mass is 16.6. The summed E-state index contributed by atoms with van der Waals surface area (Å²) in [5, 5.41) is 9.38. The smallest absolute Gasteiger partial charge is 0.0987 e. The number of aliphatic hydroxyl groups excluding tert-OH is 1. The first-order valence-corrected chi connectivity index (χ1v) is 6.32. The van der Waals surface area contributed by atoms with Gasteiger partial charge in [0.1, 0.15) is 0 Å². The summed E-state index contributed by atoms with van der Waals surface area (Å²) < 4.78 is 5.88. The van der Waals surface area contributed by atoms with Crippen molar-refractivity contribution in [3.05, 3.63) is 12.2 Å². The molecular weight excluding hydrogens is 200 g/mol. The maximum absolute atomic E-state index is 9.38. The molecule has 0 aromatic carbocycles. The maximum Gasteiger partial charge on any atom is 0.0987 e. The molecule has 1 saturated heterocycles. The lowest BCUT2D eigenvalue weighted by molar-refractivity contribution is 0.0813. The van der Waals surface area contributed by atoms with Crippen molar-refractivity contribution in [2.24, 2.45) is 17.3 Å². The Hall–Kier alpha value is -0.340. The Morgan fingerprint density at radius 3 is 2.56 bits per heavy atom. The fraction of sp³-hybridized carbons (Fsp3) is 0.857. The minimum absolute atomic E-state index is 0.0153. The van der Waals surface area contributed by atoms with E-state index in [1.54, 1.807) is 6.92 Å². The van der Waals surface area contributed by atoms with Crippen LogP contribution in [0.25, 0.3) is 0 Å². The van der Waals surface area contributed by atoms with Gasteiger partial charge in [0.05, 0.1) is 17.8 Å². The Morgan fingerprint density at radius 2 is 2.00 bits per heavy atom. The zero-order chi connectivity index (χ0) is 12.1. The van der Waals surface area contributed by atoms with E-state index in [9.17, 15) is 5.11 Å². The average molecular weight is 224 g/mol. The van der Waals surface area contributed by atoms with Crippen molar-refractivity contribution in [1.29, 1.82) is 0 Å². The molecule has 2 aliphatic rings. The van der Waals surface area contributed by atoms with Crippen LogP contribution in [0.15, 0.2) is 12.2 Å². The molecule has 0 radical (unpaired) electrons. The van der Waals surface area contributed by atoms with Gasteiger partial charge in [0, 0.05) is 5.92 Å². The molecule has 1 aliphatic heterocycles. The second-order valence-corrected chi connectivity index (χ2v) is 6.35. The number of fused-ring (bicyclic) bond motifs is 1. The molecule has 1 heterocycles. The van der Waals surface area contributed by atoms with E-state index in [-0.39, 0.29) is 17.1 Å². The van der Waals surface area contributed by atoms with Crippen LogP contribution >= 0.6 is 0 Å². The monoisotopic (exact) mass is 224 g/mol. The minimum Gasteiger partial charge on any atom is -0.389 e. The molecule has 1 N–H and O–H groups in total. The third-order valence-electron chi connectivity index (χ3n) is 4.82. The van der Waals surface area contributed by atoms with Crippen molar-refractivity contribution in [1.82, 2.24) is 0 Å². The van der Waals surface area contributed by atoms with Crippen LogP contribution in [0.1, 0.15) is 41.0 Å². The van der Waals surface area contributed by atoms with Gasteiger partial charge in [0.25, 0.3) is 0 Å². The zero-order valence-electron chi connectivity index (χ0n) is 11.0. The summed E-state index contributed by atoms with van der Waals surface area (Å²) in [5.41, 5.74) is 0.258. The predicted octanol–water partition coefficient (Wildman–Crippen LogP) is 2.76. The predicted molar refractivity (Wildman–Crippen MR) is 65.2 cm³/mol. The number of rotatable bonds is 2. The van der Waals surface area contributed by atoms with Gasteiger partial charge in [0.15, 0.2) is 0 Å². The van der Waals surface area contributed by atoms with E-state index < -0.39 is 0 Å². The van der Waals surface area contributed by atoms with Crippen LogP contribution in [0.2, 0.25) is 0 Å². The first-order chi connectivity index (χ1) is 7.28. The van der Waals surface area contributed by atoms with E-state index in [1.165, 1.54) is 6.42 Å². The maximum atomic E-state index is 9.38. The van der Waals surface area contributed by atoms with Crippen LogP contribution in [-0.4, -0.2) is 22.9 Å². The van der Waals surface area contributed by atoms with Gasteiger partial charge in [-0.1, -0.05) is 32.9 Å². The molecule has 16 heavy (non-hydrogen) atoms. The van der Waals surface area contributed by atoms with E-state index in [0.29, 0.717) is 17.9 Å². The topological polar surface area (TPSA) is 32.8 Å². The first kappa shape index (κ1) is 12.1. The lowest BCUT2D eigenvalue weighted by Gasteiger charge is -2.43. The molecule has 1 aliphatic carbocycles. The van der Waals surface area contributed by atoms with Crippen LogP contribution in [0.4, 0.5) is 0 Å². The Kier molecular flexibility index (Phi) is 2.71. The van der Waals surface area contributed by atoms with Crippen LogP contribution in [0.3, 0.4) is 0 Å². The number of hydrogen-bond donors (Lipinski definition) is 1. The highest BCUT2D eigenvalue weighted by Crippen LogP contribution is 2.60. The van der Waals surface area contributed by atoms with E-state index in [0.717, 1.165) is 0 Å². The van der Waals surface area contributed by atoms with Gasteiger partial charge in [-0.25, -0.2) is 0 Å². The summed E-state index contributed by atoms with van der Waals surface area (Å²) in [4.78, 5) is 0. The van der Waals surface area contributed by atoms with E-state index >= 15 is 0 Å². The van der Waals surface area contributed by atoms with Gasteiger partial charge >= 0.3 is 0 Å². The average Bonchev–Trinajstić information content (AvgIpc) is 2.75. The quantitative estimate of drug-likeness (QED) is 0.578. The number of epoxide rings is 1. The second kappa shape index (κ2) is 3.58. The zero-order valence-corrected chi connectivity index (χ0v) is 11.0. The second-order valence-electron chi connectivity index (χ2n) is 6.35. The summed E-state index contributed by atoms with van der Waals surface area (Å²) in [5.74, 6) is 1.07. The Morgan fingerprint density at radius 1 is 1.38 bits per heavy atom. The summed E-state index contributed by atoms with van der Waals surface area (Å²) in [7, 11) is 0. The van der Waals surface area contributed by atoms with Crippen molar-refractivity contribution >= 4 is 0 Å². The van der Waals surface area contributed by atoms with E-state index in [4.69, 9.17) is 4.74 Å². The van der Waals surface area contributed by atoms with Crippen molar-refractivity contribution in [2.75, 3.05) is 0 Å². The Labute approximate surface area is 98.7 Å². The molecule has 2 rings (SSSR count). The van der Waals surface area contributed by atoms with Gasteiger partial charge in [-0.3, -0.25) is 0 Å². The fourth-order valence-electron chi connectivity index (χ4n) is 3.21.